The summed E-state index contributed by atoms with van der Waals surface area (Å²) < 4.78 is 11.7. The van der Waals surface area contributed by atoms with Gasteiger partial charge in [-0.05, 0) is 62.5 Å². The number of rotatable bonds is 13. The molecule has 3 heteroatoms. The van der Waals surface area contributed by atoms with Gasteiger partial charge in [0.25, 0.3) is 0 Å². The van der Waals surface area contributed by atoms with Crippen molar-refractivity contribution in [2.24, 2.45) is 0 Å². The van der Waals surface area contributed by atoms with Gasteiger partial charge in [0, 0.05) is 6.42 Å². The van der Waals surface area contributed by atoms with Crippen molar-refractivity contribution in [3.8, 4) is 11.5 Å². The Bertz CT molecular complexity index is 636. The summed E-state index contributed by atoms with van der Waals surface area (Å²) >= 11 is 0. The molecule has 2 aromatic rings. The van der Waals surface area contributed by atoms with E-state index in [4.69, 9.17) is 9.47 Å². The Morgan fingerprint density at radius 2 is 1.56 bits per heavy atom. The number of aryl methyl sites for hydroxylation is 1. The largest absolute Gasteiger partial charge is 0.493 e. The van der Waals surface area contributed by atoms with Gasteiger partial charge in [-0.1, -0.05) is 56.3 Å². The van der Waals surface area contributed by atoms with E-state index in [1.807, 2.05) is 12.1 Å². The van der Waals surface area contributed by atoms with Crippen molar-refractivity contribution in [1.82, 2.24) is 4.90 Å². The summed E-state index contributed by atoms with van der Waals surface area (Å²) in [6, 6.07) is 16.7. The molecular formula is C24H35NO2. The van der Waals surface area contributed by atoms with Crippen LogP contribution in [0.5, 0.6) is 11.5 Å². The Hall–Kier alpha value is -2.00. The van der Waals surface area contributed by atoms with E-state index in [9.17, 15) is 0 Å². The molecule has 0 atom stereocenters. The molecule has 0 saturated heterocycles. The number of methoxy groups -OCH3 is 1. The zero-order chi connectivity index (χ0) is 19.3. The van der Waals surface area contributed by atoms with Crippen molar-refractivity contribution in [1.29, 1.82) is 0 Å². The number of nitrogens with zero attached hydrogens (tertiary/aromatic N) is 1. The summed E-state index contributed by atoms with van der Waals surface area (Å²) in [7, 11) is 1.72. The lowest BCUT2D eigenvalue weighted by Gasteiger charge is -2.21. The second-order valence-electron chi connectivity index (χ2n) is 6.98. The van der Waals surface area contributed by atoms with E-state index in [2.05, 4.69) is 55.1 Å². The lowest BCUT2D eigenvalue weighted by atomic mass is 10.1. The monoisotopic (exact) mass is 369 g/mol. The van der Waals surface area contributed by atoms with E-state index in [0.717, 1.165) is 37.3 Å². The predicted molar refractivity (Wildman–Crippen MR) is 114 cm³/mol. The molecular weight excluding hydrogens is 334 g/mol. The zero-order valence-corrected chi connectivity index (χ0v) is 17.2. The summed E-state index contributed by atoms with van der Waals surface area (Å²) in [6.07, 6.45) is 5.49. The molecule has 0 unspecified atom stereocenters. The van der Waals surface area contributed by atoms with E-state index in [1.54, 1.807) is 7.11 Å². The Balaban J connectivity index is 1.94. The van der Waals surface area contributed by atoms with Gasteiger partial charge in [0.15, 0.2) is 11.5 Å². The molecule has 3 nitrogen and oxygen atoms in total. The van der Waals surface area contributed by atoms with Gasteiger partial charge in [-0.3, -0.25) is 0 Å². The first-order valence-corrected chi connectivity index (χ1v) is 10.3. The van der Waals surface area contributed by atoms with Gasteiger partial charge in [0.2, 0.25) is 0 Å². The van der Waals surface area contributed by atoms with E-state index in [0.29, 0.717) is 6.61 Å². The van der Waals surface area contributed by atoms with E-state index in [1.165, 1.54) is 37.1 Å². The Labute approximate surface area is 165 Å². The molecule has 2 aromatic carbocycles. The van der Waals surface area contributed by atoms with Crippen LogP contribution in [0.4, 0.5) is 0 Å². The minimum absolute atomic E-state index is 0.662. The topological polar surface area (TPSA) is 21.7 Å². The van der Waals surface area contributed by atoms with Gasteiger partial charge >= 0.3 is 0 Å². The van der Waals surface area contributed by atoms with Gasteiger partial charge in [0.1, 0.15) is 0 Å². The van der Waals surface area contributed by atoms with Gasteiger partial charge in [-0.15, -0.1) is 0 Å². The van der Waals surface area contributed by atoms with Crippen molar-refractivity contribution in [3.05, 3.63) is 59.7 Å². The molecule has 0 saturated carbocycles. The van der Waals surface area contributed by atoms with Crippen LogP contribution in [0.3, 0.4) is 0 Å². The SMILES string of the molecule is CCCN(CCC)CCCc1cccc(OC)c1OCCc1ccccc1. The number of para-hydroxylation sites is 1. The summed E-state index contributed by atoms with van der Waals surface area (Å²) in [6.45, 7) is 8.68. The van der Waals surface area contributed by atoms with Gasteiger partial charge in [-0.25, -0.2) is 0 Å². The molecule has 0 aliphatic heterocycles. The first-order valence-electron chi connectivity index (χ1n) is 10.3. The van der Waals surface area contributed by atoms with E-state index in [-0.39, 0.29) is 0 Å². The van der Waals surface area contributed by atoms with E-state index < -0.39 is 0 Å². The van der Waals surface area contributed by atoms with Crippen molar-refractivity contribution in [2.45, 2.75) is 46.0 Å². The zero-order valence-electron chi connectivity index (χ0n) is 17.2. The smallest absolute Gasteiger partial charge is 0.164 e. The van der Waals surface area contributed by atoms with Gasteiger partial charge in [0.05, 0.1) is 13.7 Å². The van der Waals surface area contributed by atoms with Crippen molar-refractivity contribution in [2.75, 3.05) is 33.4 Å². The molecule has 0 aliphatic carbocycles. The van der Waals surface area contributed by atoms with Crippen LogP contribution in [0.25, 0.3) is 0 Å². The maximum Gasteiger partial charge on any atom is 0.164 e. The number of hydrogen-bond acceptors (Lipinski definition) is 3. The van der Waals surface area contributed by atoms with Crippen molar-refractivity contribution >= 4 is 0 Å². The standard InChI is InChI=1S/C24H35NO2/c1-4-17-25(18-5-2)19-10-14-22-13-9-15-23(26-3)24(22)27-20-16-21-11-7-6-8-12-21/h6-9,11-13,15H,4-5,10,14,16-20H2,1-3H3. The fraction of sp³-hybridized carbons (Fsp3) is 0.500. The molecule has 27 heavy (non-hydrogen) atoms. The molecule has 0 aromatic heterocycles. The number of hydrogen-bond donors (Lipinski definition) is 0. The van der Waals surface area contributed by atoms with Crippen LogP contribution >= 0.6 is 0 Å². The van der Waals surface area contributed by atoms with Crippen molar-refractivity contribution < 1.29 is 9.47 Å². The number of benzene rings is 2. The molecule has 0 heterocycles. The maximum atomic E-state index is 6.18. The Kier molecular flexibility index (Phi) is 9.78. The highest BCUT2D eigenvalue weighted by atomic mass is 16.5. The molecule has 0 spiro atoms. The molecule has 0 bridgehead atoms. The van der Waals surface area contributed by atoms with Crippen LogP contribution in [0.1, 0.15) is 44.2 Å². The minimum Gasteiger partial charge on any atom is -0.493 e. The van der Waals surface area contributed by atoms with Crippen LogP contribution in [0.2, 0.25) is 0 Å². The summed E-state index contributed by atoms with van der Waals surface area (Å²) in [5.74, 6) is 1.74. The highest BCUT2D eigenvalue weighted by Crippen LogP contribution is 2.32. The molecule has 0 fully saturated rings. The minimum atomic E-state index is 0.662. The van der Waals surface area contributed by atoms with Crippen LogP contribution in [-0.4, -0.2) is 38.3 Å². The maximum absolute atomic E-state index is 6.18. The molecule has 2 rings (SSSR count). The predicted octanol–water partition coefficient (Wildman–Crippen LogP) is 5.37. The third kappa shape index (κ3) is 7.26. The summed E-state index contributed by atoms with van der Waals surface area (Å²) in [4.78, 5) is 2.57. The average Bonchev–Trinajstić information content (AvgIpc) is 2.70. The average molecular weight is 370 g/mol. The molecule has 148 valence electrons. The van der Waals surface area contributed by atoms with Crippen LogP contribution < -0.4 is 9.47 Å². The third-order valence-electron chi connectivity index (χ3n) is 4.76. The first kappa shape index (κ1) is 21.3. The second-order valence-corrected chi connectivity index (χ2v) is 6.98. The Morgan fingerprint density at radius 3 is 2.22 bits per heavy atom. The first-order chi connectivity index (χ1) is 13.3. The van der Waals surface area contributed by atoms with E-state index >= 15 is 0 Å². The normalized spacial score (nSPS) is 11.0. The summed E-state index contributed by atoms with van der Waals surface area (Å²) in [5, 5.41) is 0. The highest BCUT2D eigenvalue weighted by Gasteiger charge is 2.11. The van der Waals surface area contributed by atoms with Gasteiger partial charge < -0.3 is 14.4 Å². The van der Waals surface area contributed by atoms with Gasteiger partial charge in [-0.2, -0.15) is 0 Å². The van der Waals surface area contributed by atoms with Crippen LogP contribution in [0.15, 0.2) is 48.5 Å². The van der Waals surface area contributed by atoms with Crippen LogP contribution in [0, 0.1) is 0 Å². The van der Waals surface area contributed by atoms with Crippen LogP contribution in [-0.2, 0) is 12.8 Å². The summed E-state index contributed by atoms with van der Waals surface area (Å²) in [5.41, 5.74) is 2.54. The fourth-order valence-electron chi connectivity index (χ4n) is 3.46. The molecule has 0 radical (unpaired) electrons. The van der Waals surface area contributed by atoms with Crippen molar-refractivity contribution in [3.63, 3.8) is 0 Å². The second kappa shape index (κ2) is 12.4. The quantitative estimate of drug-likeness (QED) is 0.474. The molecule has 0 aliphatic rings. The fourth-order valence-corrected chi connectivity index (χ4v) is 3.46. The molecule has 0 amide bonds. The lowest BCUT2D eigenvalue weighted by molar-refractivity contribution is 0.269. The third-order valence-corrected chi connectivity index (χ3v) is 4.76. The Morgan fingerprint density at radius 1 is 0.815 bits per heavy atom. The lowest BCUT2D eigenvalue weighted by Crippen LogP contribution is -2.26. The highest BCUT2D eigenvalue weighted by molar-refractivity contribution is 5.46. The molecule has 0 N–H and O–H groups in total. The number of ether oxygens (including phenoxy) is 2.